The van der Waals surface area contributed by atoms with Crippen LogP contribution in [-0.4, -0.2) is 22.7 Å². The van der Waals surface area contributed by atoms with Crippen LogP contribution in [0, 0.1) is 0 Å². The van der Waals surface area contributed by atoms with E-state index in [4.69, 9.17) is 28.9 Å². The summed E-state index contributed by atoms with van der Waals surface area (Å²) in [5.74, 6) is 0. The first-order valence-corrected chi connectivity index (χ1v) is 9.68. The number of allylic oxidation sites excluding steroid dienone is 1. The summed E-state index contributed by atoms with van der Waals surface area (Å²) in [5.41, 5.74) is 7.42. The van der Waals surface area contributed by atoms with Crippen LogP contribution in [0.15, 0.2) is 46.8 Å². The molecule has 5 nitrogen and oxygen atoms in total. The monoisotopic (exact) mass is 421 g/mol. The minimum absolute atomic E-state index is 0.442. The molecule has 2 aromatic rings. The van der Waals surface area contributed by atoms with Crippen molar-refractivity contribution in [3.63, 3.8) is 0 Å². The zero-order chi connectivity index (χ0) is 19.8. The molecular weight excluding hydrogens is 401 g/mol. The highest BCUT2D eigenvalue weighted by Gasteiger charge is 2.12. The molecule has 142 valence electrons. The van der Waals surface area contributed by atoms with Crippen LogP contribution in [0.1, 0.15) is 17.4 Å². The quantitative estimate of drug-likeness (QED) is 0.450. The summed E-state index contributed by atoms with van der Waals surface area (Å²) in [5, 5.41) is 6.56. The highest BCUT2D eigenvalue weighted by atomic mass is 35.5. The van der Waals surface area contributed by atoms with Crippen molar-refractivity contribution in [2.75, 3.05) is 11.9 Å². The Labute approximate surface area is 172 Å². The van der Waals surface area contributed by atoms with Crippen LogP contribution in [0.4, 0.5) is 5.13 Å². The van der Waals surface area contributed by atoms with E-state index in [0.29, 0.717) is 23.2 Å². The third-order valence-electron chi connectivity index (χ3n) is 3.63. The summed E-state index contributed by atoms with van der Waals surface area (Å²) in [7, 11) is 0. The fraction of sp³-hybridized carbons (Fsp3) is 0.158. The number of nitrogens with zero attached hydrogens (tertiary/aromatic N) is 2. The van der Waals surface area contributed by atoms with Gasteiger partial charge < -0.3 is 16.0 Å². The Balaban J connectivity index is 2.20. The zero-order valence-corrected chi connectivity index (χ0v) is 17.3. The van der Waals surface area contributed by atoms with Gasteiger partial charge in [-0.15, -0.1) is 11.3 Å². The molecule has 0 aliphatic carbocycles. The van der Waals surface area contributed by atoms with Crippen LogP contribution < -0.4 is 21.6 Å². The number of hydrogen-bond acceptors (Lipinski definition) is 5. The van der Waals surface area contributed by atoms with Gasteiger partial charge in [-0.3, -0.25) is 4.99 Å². The van der Waals surface area contributed by atoms with Gasteiger partial charge in [0.15, 0.2) is 5.13 Å². The number of aromatic amines is 1. The lowest BCUT2D eigenvalue weighted by molar-refractivity contribution is 1.19. The van der Waals surface area contributed by atoms with Crippen molar-refractivity contribution in [3.8, 4) is 0 Å². The summed E-state index contributed by atoms with van der Waals surface area (Å²) in [6, 6.07) is 0. The van der Waals surface area contributed by atoms with Crippen molar-refractivity contribution < 1.29 is 0 Å². The van der Waals surface area contributed by atoms with Gasteiger partial charge in [0.2, 0.25) is 0 Å². The zero-order valence-electron chi connectivity index (χ0n) is 14.9. The first kappa shape index (κ1) is 21.0. The molecule has 27 heavy (non-hydrogen) atoms. The largest absolute Gasteiger partial charge is 0.403 e. The number of thiazole rings is 1. The Morgan fingerprint density at radius 2 is 2.30 bits per heavy atom. The lowest BCUT2D eigenvalue weighted by Gasteiger charge is -2.01. The van der Waals surface area contributed by atoms with E-state index in [1.54, 1.807) is 24.6 Å². The van der Waals surface area contributed by atoms with Crippen molar-refractivity contribution in [2.45, 2.75) is 13.3 Å². The van der Waals surface area contributed by atoms with Crippen LogP contribution in [0.2, 0.25) is 5.15 Å². The highest BCUT2D eigenvalue weighted by Crippen LogP contribution is 2.28. The van der Waals surface area contributed by atoms with Gasteiger partial charge >= 0.3 is 0 Å². The molecule has 8 heteroatoms. The van der Waals surface area contributed by atoms with E-state index in [-0.39, 0.29) is 0 Å². The number of aliphatic imine (C=N–C) groups is 1. The third kappa shape index (κ3) is 5.85. The predicted octanol–water partition coefficient (Wildman–Crippen LogP) is 3.52. The van der Waals surface area contributed by atoms with Gasteiger partial charge in [0.05, 0.1) is 9.91 Å². The number of nitrogens with one attached hydrogen (secondary N) is 2. The summed E-state index contributed by atoms with van der Waals surface area (Å²) < 4.78 is 0. The molecule has 0 aliphatic rings. The molecule has 0 radical (unpaired) electrons. The first-order chi connectivity index (χ1) is 13.0. The van der Waals surface area contributed by atoms with Crippen LogP contribution in [0.3, 0.4) is 0 Å². The van der Waals surface area contributed by atoms with E-state index in [9.17, 15) is 0 Å². The van der Waals surface area contributed by atoms with Gasteiger partial charge in [-0.2, -0.15) is 0 Å². The van der Waals surface area contributed by atoms with Crippen LogP contribution in [0.5, 0.6) is 0 Å². The number of anilines is 1. The molecule has 0 atom stereocenters. The maximum absolute atomic E-state index is 6.33. The molecule has 0 saturated carbocycles. The van der Waals surface area contributed by atoms with E-state index in [0.717, 1.165) is 31.7 Å². The number of rotatable bonds is 8. The molecular formula is C19H21Cl2N5S. The number of H-pyrrole nitrogens is 1. The topological polar surface area (TPSA) is 79.1 Å². The first-order valence-electron chi connectivity index (χ1n) is 8.11. The summed E-state index contributed by atoms with van der Waals surface area (Å²) in [4.78, 5) is 12.5. The maximum atomic E-state index is 6.33. The van der Waals surface area contributed by atoms with E-state index >= 15 is 0 Å². The molecule has 0 aromatic carbocycles. The fourth-order valence-electron chi connectivity index (χ4n) is 2.24. The van der Waals surface area contributed by atoms with Gasteiger partial charge in [0, 0.05) is 48.3 Å². The fourth-order valence-corrected chi connectivity index (χ4v) is 3.54. The van der Waals surface area contributed by atoms with E-state index in [1.165, 1.54) is 17.5 Å². The minimum Gasteiger partial charge on any atom is -0.403 e. The Morgan fingerprint density at radius 1 is 1.52 bits per heavy atom. The molecule has 4 N–H and O–H groups in total. The van der Waals surface area contributed by atoms with Crippen molar-refractivity contribution in [1.29, 1.82) is 0 Å². The summed E-state index contributed by atoms with van der Waals surface area (Å²) >= 11 is 13.9. The van der Waals surface area contributed by atoms with Crippen LogP contribution in [0.25, 0.3) is 12.7 Å². The number of aromatic nitrogens is 2. The van der Waals surface area contributed by atoms with Gasteiger partial charge in [0.1, 0.15) is 5.15 Å². The summed E-state index contributed by atoms with van der Waals surface area (Å²) in [6.07, 6.45) is 10.8. The van der Waals surface area contributed by atoms with Gasteiger partial charge in [-0.25, -0.2) is 4.98 Å². The molecule has 0 amide bonds. The van der Waals surface area contributed by atoms with Gasteiger partial charge in [-0.05, 0) is 24.1 Å². The standard InChI is InChI=1S/C19H21Cl2N5S/c1-4-13(9-23-5-2)10-25-19-26-18(21)17(27-19)6-14-11-24-12(3)16(14)7-15(20)8-22/h4-5,7-9,11,24H,1,3,6,10,22H2,2H3,(H,25,26)/b13-9+,15-8+,16-7+,23-5?. The molecule has 2 heterocycles. The number of hydrogen-bond donors (Lipinski definition) is 3. The summed E-state index contributed by atoms with van der Waals surface area (Å²) in [6.45, 7) is 10.2. The van der Waals surface area contributed by atoms with Crippen molar-refractivity contribution in [2.24, 2.45) is 10.7 Å². The molecule has 2 rings (SSSR count). The second-order valence-corrected chi connectivity index (χ2v) is 7.36. The average molecular weight is 422 g/mol. The minimum atomic E-state index is 0.442. The lowest BCUT2D eigenvalue weighted by atomic mass is 10.1. The Kier molecular flexibility index (Phi) is 7.91. The highest BCUT2D eigenvalue weighted by molar-refractivity contribution is 7.16. The SMILES string of the molecule is C=C/C(=C\N=CC)CNc1nc(Cl)c(Cc2c[nH]c(=C)/c2=C\C(Cl)=C/N)s1. The van der Waals surface area contributed by atoms with Crippen molar-refractivity contribution >= 4 is 58.5 Å². The van der Waals surface area contributed by atoms with Crippen LogP contribution in [-0.2, 0) is 6.42 Å². The third-order valence-corrected chi connectivity index (χ3v) is 5.30. The molecule has 0 unspecified atom stereocenters. The van der Waals surface area contributed by atoms with E-state index < -0.39 is 0 Å². The van der Waals surface area contributed by atoms with Gasteiger partial charge in [-0.1, -0.05) is 42.4 Å². The Morgan fingerprint density at radius 3 is 2.96 bits per heavy atom. The molecule has 0 saturated heterocycles. The Bertz CT molecular complexity index is 998. The van der Waals surface area contributed by atoms with Crippen molar-refractivity contribution in [3.05, 3.63) is 68.0 Å². The smallest absolute Gasteiger partial charge is 0.184 e. The second kappa shape index (κ2) is 10.2. The van der Waals surface area contributed by atoms with Crippen molar-refractivity contribution in [1.82, 2.24) is 9.97 Å². The molecule has 2 aromatic heterocycles. The number of halogens is 2. The maximum Gasteiger partial charge on any atom is 0.184 e. The second-order valence-electron chi connectivity index (χ2n) is 5.48. The van der Waals surface area contributed by atoms with Gasteiger partial charge in [0.25, 0.3) is 0 Å². The van der Waals surface area contributed by atoms with Crippen LogP contribution >= 0.6 is 34.5 Å². The average Bonchev–Trinajstić information content (AvgIpc) is 3.18. The molecule has 0 fully saturated rings. The Hall–Kier alpha value is -2.28. The van der Waals surface area contributed by atoms with E-state index in [2.05, 4.69) is 33.4 Å². The lowest BCUT2D eigenvalue weighted by Crippen LogP contribution is -2.23. The number of nitrogens with two attached hydrogens (primary N) is 1. The predicted molar refractivity (Wildman–Crippen MR) is 119 cm³/mol. The molecule has 0 aliphatic heterocycles. The van der Waals surface area contributed by atoms with E-state index in [1.807, 2.05) is 13.1 Å². The molecule has 0 spiro atoms. The molecule has 0 bridgehead atoms. The normalized spacial score (nSPS) is 13.5.